The van der Waals surface area contributed by atoms with E-state index in [9.17, 15) is 20.1 Å². The number of para-hydroxylation sites is 1. The number of hydrogen-bond acceptors (Lipinski definition) is 12. The van der Waals surface area contributed by atoms with Crippen molar-refractivity contribution in [2.45, 2.75) is 106 Å². The molecule has 0 radical (unpaired) electrons. The molecule has 59 heavy (non-hydrogen) atoms. The Hall–Kier alpha value is -3.98. The molecular formula is C46H60N4O9. The van der Waals surface area contributed by atoms with Gasteiger partial charge in [0.05, 0.1) is 33.0 Å². The third-order valence-electron chi connectivity index (χ3n) is 15.6. The normalized spacial score (nSPS) is 37.7. The zero-order valence-corrected chi connectivity index (χ0v) is 35.4. The second-order valence-electron chi connectivity index (χ2n) is 18.3. The Balaban J connectivity index is 1.36. The fourth-order valence-corrected chi connectivity index (χ4v) is 13.6. The van der Waals surface area contributed by atoms with E-state index in [1.807, 2.05) is 50.1 Å². The smallest absolute Gasteiger partial charge is 0.342 e. The molecule has 0 amide bonds. The molecule has 13 heteroatoms. The van der Waals surface area contributed by atoms with Crippen LogP contribution < -0.4 is 9.64 Å². The fraction of sp³-hybridized carbons (Fsp3) is 0.609. The Morgan fingerprint density at radius 3 is 2.44 bits per heavy atom. The first kappa shape index (κ1) is 40.4. The lowest BCUT2D eigenvalue weighted by atomic mass is 9.47. The molecule has 1 unspecified atom stereocenters. The van der Waals surface area contributed by atoms with Gasteiger partial charge in [0.2, 0.25) is 5.60 Å². The SMILES string of the molecule is CC[C@]1(O)C[C@@H]2C[N@@](CCc3c([nH]c4ccccc34)[C@@](C(=O)OC)(c3cc4c(cc3OC)N(C)[C@H]3[C@@](O)(C(=O)OC)[C@H](OC(C)O)[C@]5(CC)C=CCN6CC[C@]43[C@@H]65)C2)C1. The number of aromatic nitrogens is 1. The summed E-state index contributed by atoms with van der Waals surface area (Å²) < 4.78 is 24.2. The Bertz CT molecular complexity index is 2210. The van der Waals surface area contributed by atoms with Crippen molar-refractivity contribution in [2.75, 3.05) is 66.0 Å². The zero-order valence-electron chi connectivity index (χ0n) is 35.4. The summed E-state index contributed by atoms with van der Waals surface area (Å²) >= 11 is 0. The zero-order chi connectivity index (χ0) is 41.9. The summed E-state index contributed by atoms with van der Waals surface area (Å²) in [7, 11) is 6.21. The van der Waals surface area contributed by atoms with Crippen LogP contribution in [0.2, 0.25) is 0 Å². The Labute approximate surface area is 346 Å². The van der Waals surface area contributed by atoms with Gasteiger partial charge in [-0.2, -0.15) is 0 Å². The van der Waals surface area contributed by atoms with Crippen LogP contribution >= 0.6 is 0 Å². The van der Waals surface area contributed by atoms with Crippen LogP contribution in [0.15, 0.2) is 48.6 Å². The molecule has 6 aliphatic rings. The molecule has 1 aliphatic carbocycles. The highest BCUT2D eigenvalue weighted by atomic mass is 16.6. The van der Waals surface area contributed by atoms with Crippen molar-refractivity contribution in [3.05, 3.63) is 70.9 Å². The molecule has 2 bridgehead atoms. The third kappa shape index (κ3) is 5.30. The summed E-state index contributed by atoms with van der Waals surface area (Å²) in [6, 6.07) is 11.1. The lowest BCUT2D eigenvalue weighted by Crippen LogP contribution is -2.81. The number of methoxy groups -OCH3 is 3. The first-order valence-electron chi connectivity index (χ1n) is 21.4. The van der Waals surface area contributed by atoms with E-state index in [2.05, 4.69) is 39.1 Å². The van der Waals surface area contributed by atoms with Crippen LogP contribution in [0.3, 0.4) is 0 Å². The number of benzene rings is 2. The number of ether oxygens (including phenoxy) is 4. The largest absolute Gasteiger partial charge is 0.496 e. The Morgan fingerprint density at radius 2 is 1.75 bits per heavy atom. The van der Waals surface area contributed by atoms with E-state index in [-0.39, 0.29) is 12.0 Å². The van der Waals surface area contributed by atoms with Crippen molar-refractivity contribution in [2.24, 2.45) is 11.3 Å². The number of rotatable bonds is 8. The van der Waals surface area contributed by atoms with Crippen LogP contribution in [0.25, 0.3) is 10.9 Å². The second-order valence-corrected chi connectivity index (χ2v) is 18.3. The number of carbonyl (C=O) groups excluding carboxylic acids is 2. The Kier molecular flexibility index (Phi) is 9.62. The van der Waals surface area contributed by atoms with E-state index in [0.717, 1.165) is 33.4 Å². The molecule has 3 fully saturated rings. The van der Waals surface area contributed by atoms with Crippen LogP contribution in [0.4, 0.5) is 5.69 Å². The number of anilines is 1. The molecule has 11 atom stereocenters. The highest BCUT2D eigenvalue weighted by molar-refractivity contribution is 5.95. The Morgan fingerprint density at radius 1 is 0.983 bits per heavy atom. The van der Waals surface area contributed by atoms with Crippen molar-refractivity contribution in [3.8, 4) is 5.75 Å². The summed E-state index contributed by atoms with van der Waals surface area (Å²) in [5.41, 5.74) is -1.37. The van der Waals surface area contributed by atoms with Gasteiger partial charge in [0.15, 0.2) is 6.29 Å². The predicted molar refractivity (Wildman–Crippen MR) is 221 cm³/mol. The molecule has 3 aromatic rings. The molecule has 318 valence electrons. The summed E-state index contributed by atoms with van der Waals surface area (Å²) in [4.78, 5) is 40.3. The number of carbonyl (C=O) groups is 2. The van der Waals surface area contributed by atoms with Gasteiger partial charge in [0, 0.05) is 84.0 Å². The number of aliphatic hydroxyl groups is 3. The van der Waals surface area contributed by atoms with Crippen molar-refractivity contribution in [3.63, 3.8) is 0 Å². The van der Waals surface area contributed by atoms with Gasteiger partial charge in [-0.25, -0.2) is 4.79 Å². The first-order valence-corrected chi connectivity index (χ1v) is 21.4. The topological polar surface area (TPSA) is 157 Å². The quantitative estimate of drug-likeness (QED) is 0.149. The molecule has 5 aliphatic heterocycles. The number of nitrogens with zero attached hydrogens (tertiary/aromatic N) is 3. The number of fused-ring (bicyclic) bond motifs is 6. The molecule has 13 nitrogen and oxygen atoms in total. The highest BCUT2D eigenvalue weighted by Gasteiger charge is 2.80. The standard InChI is InChI=1S/C46H60N4O9/c1-8-42(54)23-28-24-45(40(52)57-6,36-30(15-19-49(25-28)26-42)29-13-10-11-14-33(29)47-36)32-21-31-34(22-35(32)56-5)48(4)38-44(31)17-20-50-18-12-16-43(9-2,37(44)50)39(59-27(3)51)46(38,55)41(53)58-7/h10-14,16,21-22,27-28,37-39,47,51,54-55H,8-9,15,17-20,23-26H2,1-7H3/t27?,28-,37-,38+,39+,42-,43+,44+,45-,46-/m0/s1. The van der Waals surface area contributed by atoms with Crippen molar-refractivity contribution < 1.29 is 43.9 Å². The molecular weight excluding hydrogens is 753 g/mol. The van der Waals surface area contributed by atoms with Crippen molar-refractivity contribution in [1.82, 2.24) is 14.8 Å². The molecule has 6 heterocycles. The average molecular weight is 813 g/mol. The maximum atomic E-state index is 15.3. The lowest BCUT2D eigenvalue weighted by Gasteiger charge is -2.64. The molecule has 1 aromatic heterocycles. The summed E-state index contributed by atoms with van der Waals surface area (Å²) in [5.74, 6) is -0.887. The van der Waals surface area contributed by atoms with E-state index < -0.39 is 57.8 Å². The fourth-order valence-electron chi connectivity index (χ4n) is 13.6. The number of piperidine rings is 1. The van der Waals surface area contributed by atoms with E-state index in [4.69, 9.17) is 18.9 Å². The van der Waals surface area contributed by atoms with Gasteiger partial charge < -0.3 is 44.2 Å². The van der Waals surface area contributed by atoms with E-state index in [1.54, 1.807) is 7.11 Å². The molecule has 1 spiro atoms. The number of aliphatic hydroxyl groups excluding tert-OH is 1. The van der Waals surface area contributed by atoms with Crippen LogP contribution in [-0.4, -0.2) is 139 Å². The molecule has 1 saturated carbocycles. The summed E-state index contributed by atoms with van der Waals surface area (Å²) in [6.45, 7) is 8.92. The van der Waals surface area contributed by atoms with Crippen molar-refractivity contribution in [1.29, 1.82) is 0 Å². The summed E-state index contributed by atoms with van der Waals surface area (Å²) in [6.07, 6.45) is 4.92. The van der Waals surface area contributed by atoms with Crippen molar-refractivity contribution >= 4 is 28.5 Å². The molecule has 4 N–H and O–H groups in total. The predicted octanol–water partition coefficient (Wildman–Crippen LogP) is 3.78. The average Bonchev–Trinajstić information content (AvgIpc) is 3.90. The number of H-pyrrole nitrogens is 1. The van der Waals surface area contributed by atoms with Gasteiger partial charge >= 0.3 is 11.9 Å². The van der Waals surface area contributed by atoms with Gasteiger partial charge in [-0.05, 0) is 81.2 Å². The van der Waals surface area contributed by atoms with Gasteiger partial charge in [-0.1, -0.05) is 44.2 Å². The highest BCUT2D eigenvalue weighted by Crippen LogP contribution is 2.68. The minimum atomic E-state index is -2.24. The second kappa shape index (κ2) is 14.0. The molecule has 2 saturated heterocycles. The van der Waals surface area contributed by atoms with Gasteiger partial charge in [0.1, 0.15) is 17.3 Å². The van der Waals surface area contributed by atoms with E-state index in [1.165, 1.54) is 21.1 Å². The van der Waals surface area contributed by atoms with Crippen LogP contribution in [0.5, 0.6) is 5.75 Å². The number of esters is 2. The summed E-state index contributed by atoms with van der Waals surface area (Å²) in [5, 5.41) is 37.2. The van der Waals surface area contributed by atoms with Gasteiger partial charge in [0.25, 0.3) is 0 Å². The van der Waals surface area contributed by atoms with E-state index >= 15 is 4.79 Å². The number of hydrogen-bond donors (Lipinski definition) is 4. The minimum Gasteiger partial charge on any atom is -0.496 e. The maximum absolute atomic E-state index is 15.3. The lowest BCUT2D eigenvalue weighted by molar-refractivity contribution is -0.263. The van der Waals surface area contributed by atoms with Gasteiger partial charge in [-0.15, -0.1) is 0 Å². The van der Waals surface area contributed by atoms with Crippen LogP contribution in [-0.2, 0) is 41.1 Å². The monoisotopic (exact) mass is 812 g/mol. The molecule has 9 rings (SSSR count). The van der Waals surface area contributed by atoms with Gasteiger partial charge in [-0.3, -0.25) is 14.6 Å². The third-order valence-corrected chi connectivity index (χ3v) is 15.6. The van der Waals surface area contributed by atoms with Crippen LogP contribution in [0.1, 0.15) is 75.3 Å². The van der Waals surface area contributed by atoms with Crippen LogP contribution in [0, 0.1) is 11.3 Å². The number of nitrogens with one attached hydrogen (secondary N) is 1. The number of aromatic amines is 1. The van der Waals surface area contributed by atoms with E-state index in [0.29, 0.717) is 82.6 Å². The first-order chi connectivity index (χ1) is 28.2. The maximum Gasteiger partial charge on any atom is 0.342 e. The molecule has 2 aromatic carbocycles. The minimum absolute atomic E-state index is 0.0904. The number of likely N-dealkylation sites (N-methyl/N-ethyl adjacent to an activating group) is 1.